The van der Waals surface area contributed by atoms with Gasteiger partial charge >= 0.3 is 6.18 Å². The molecule has 0 aliphatic heterocycles. The van der Waals surface area contributed by atoms with E-state index >= 15 is 0 Å². The molecule has 0 aliphatic carbocycles. The second-order valence-electron chi connectivity index (χ2n) is 6.69. The third kappa shape index (κ3) is 3.84. The summed E-state index contributed by atoms with van der Waals surface area (Å²) in [5, 5.41) is 0. The Morgan fingerprint density at radius 1 is 1.20 bits per heavy atom. The molecule has 2 rings (SSSR count). The quantitative estimate of drug-likeness (QED) is 0.672. The Morgan fingerprint density at radius 3 is 2.28 bits per heavy atom. The molecule has 3 nitrogen and oxygen atoms in total. The van der Waals surface area contributed by atoms with Crippen molar-refractivity contribution in [3.63, 3.8) is 0 Å². The van der Waals surface area contributed by atoms with Gasteiger partial charge in [0.1, 0.15) is 5.82 Å². The van der Waals surface area contributed by atoms with E-state index in [0.29, 0.717) is 10.9 Å². The first-order chi connectivity index (χ1) is 11.3. The number of nitrogens with zero attached hydrogens (tertiary/aromatic N) is 2. The highest BCUT2D eigenvalue weighted by Gasteiger charge is 2.35. The van der Waals surface area contributed by atoms with Crippen LogP contribution in [0.2, 0.25) is 0 Å². The zero-order valence-electron chi connectivity index (χ0n) is 14.5. The van der Waals surface area contributed by atoms with Gasteiger partial charge in [0, 0.05) is 17.6 Å². The van der Waals surface area contributed by atoms with Crippen LogP contribution in [0, 0.1) is 12.7 Å². The van der Waals surface area contributed by atoms with Crippen molar-refractivity contribution >= 4 is 17.2 Å². The molecule has 0 N–H and O–H groups in total. The Morgan fingerprint density at radius 2 is 1.80 bits per heavy atom. The van der Waals surface area contributed by atoms with E-state index in [0.717, 1.165) is 22.7 Å². The van der Waals surface area contributed by atoms with Gasteiger partial charge in [-0.05, 0) is 24.5 Å². The Hall–Kier alpha value is -1.96. The first kappa shape index (κ1) is 19.4. The van der Waals surface area contributed by atoms with Crippen LogP contribution in [0.1, 0.15) is 47.3 Å². The zero-order chi connectivity index (χ0) is 19.2. The van der Waals surface area contributed by atoms with Crippen LogP contribution in [-0.4, -0.2) is 10.5 Å². The zero-order valence-corrected chi connectivity index (χ0v) is 15.3. The van der Waals surface area contributed by atoms with Crippen LogP contribution in [-0.2, 0) is 18.6 Å². The molecule has 136 valence electrons. The van der Waals surface area contributed by atoms with E-state index in [-0.39, 0.29) is 5.41 Å². The summed E-state index contributed by atoms with van der Waals surface area (Å²) in [6.07, 6.45) is -4.87. The second-order valence-corrected chi connectivity index (χ2v) is 7.67. The fourth-order valence-corrected chi connectivity index (χ4v) is 3.56. The van der Waals surface area contributed by atoms with Crippen LogP contribution in [0.3, 0.4) is 0 Å². The molecule has 8 heteroatoms. The Bertz CT molecular complexity index is 886. The predicted molar refractivity (Wildman–Crippen MR) is 88.0 cm³/mol. The van der Waals surface area contributed by atoms with E-state index in [1.54, 1.807) is 11.6 Å². The number of hydrogen-bond donors (Lipinski definition) is 0. The first-order valence-electron chi connectivity index (χ1n) is 7.45. The summed E-state index contributed by atoms with van der Waals surface area (Å²) in [7, 11) is 1.70. The molecule has 0 spiro atoms. The van der Waals surface area contributed by atoms with Gasteiger partial charge in [0.15, 0.2) is 4.80 Å². The number of thiazole rings is 1. The topological polar surface area (TPSA) is 34.4 Å². The summed E-state index contributed by atoms with van der Waals surface area (Å²) in [6.45, 7) is 7.88. The SMILES string of the molecule is Cc1c(C(C)(C)C)sc(=NC(=O)c2cccc(C(F)(F)F)c2F)n1C. The molecule has 25 heavy (non-hydrogen) atoms. The van der Waals surface area contributed by atoms with E-state index < -0.39 is 29.0 Å². The van der Waals surface area contributed by atoms with Gasteiger partial charge in [-0.1, -0.05) is 26.8 Å². The molecule has 0 fully saturated rings. The van der Waals surface area contributed by atoms with Crippen LogP contribution in [0.5, 0.6) is 0 Å². The maximum Gasteiger partial charge on any atom is 0.419 e. The van der Waals surface area contributed by atoms with Gasteiger partial charge in [0.25, 0.3) is 5.91 Å². The molecule has 0 atom stereocenters. The van der Waals surface area contributed by atoms with Crippen molar-refractivity contribution in [1.82, 2.24) is 4.57 Å². The molecule has 0 aliphatic rings. The molecule has 1 aromatic heterocycles. The lowest BCUT2D eigenvalue weighted by Crippen LogP contribution is -2.16. The summed E-state index contributed by atoms with van der Waals surface area (Å²) >= 11 is 1.26. The molecule has 0 bridgehead atoms. The van der Waals surface area contributed by atoms with Crippen molar-refractivity contribution in [2.24, 2.45) is 12.0 Å². The number of rotatable bonds is 1. The van der Waals surface area contributed by atoms with Gasteiger partial charge in [-0.2, -0.15) is 18.2 Å². The van der Waals surface area contributed by atoms with E-state index in [9.17, 15) is 22.4 Å². The molecule has 1 aromatic carbocycles. The number of aromatic nitrogens is 1. The minimum absolute atomic E-state index is 0.176. The molecule has 0 unspecified atom stereocenters. The maximum absolute atomic E-state index is 14.1. The molecule has 1 amide bonds. The number of amides is 1. The maximum atomic E-state index is 14.1. The summed E-state index contributed by atoms with van der Waals surface area (Å²) < 4.78 is 54.1. The normalized spacial score (nSPS) is 13.4. The van der Waals surface area contributed by atoms with Gasteiger partial charge in [-0.3, -0.25) is 4.79 Å². The number of carbonyl (C=O) groups is 1. The van der Waals surface area contributed by atoms with Crippen molar-refractivity contribution in [2.45, 2.75) is 39.3 Å². The van der Waals surface area contributed by atoms with Gasteiger partial charge in [-0.25, -0.2) is 4.39 Å². The van der Waals surface area contributed by atoms with Crippen molar-refractivity contribution < 1.29 is 22.4 Å². The second kappa shape index (κ2) is 6.40. The number of halogens is 4. The molecule has 1 heterocycles. The highest BCUT2D eigenvalue weighted by Crippen LogP contribution is 2.32. The van der Waals surface area contributed by atoms with Crippen molar-refractivity contribution in [2.75, 3.05) is 0 Å². The summed E-state index contributed by atoms with van der Waals surface area (Å²) in [4.78, 5) is 17.4. The highest BCUT2D eigenvalue weighted by atomic mass is 32.1. The Kier molecular flexibility index (Phi) is 4.96. The molecule has 0 saturated heterocycles. The van der Waals surface area contributed by atoms with Gasteiger partial charge < -0.3 is 4.57 Å². The van der Waals surface area contributed by atoms with Crippen LogP contribution >= 0.6 is 11.3 Å². The third-order valence-electron chi connectivity index (χ3n) is 3.72. The standard InChI is InChI=1S/C17H18F4N2OS/c1-9-13(16(2,3)4)25-15(23(9)5)22-14(24)10-7-6-8-11(12(10)18)17(19,20)21/h6-8H,1-5H3. The summed E-state index contributed by atoms with van der Waals surface area (Å²) in [6, 6.07) is 2.59. The number of benzene rings is 1. The predicted octanol–water partition coefficient (Wildman–Crippen LogP) is 4.59. The van der Waals surface area contributed by atoms with Crippen LogP contribution in [0.25, 0.3) is 0 Å². The van der Waals surface area contributed by atoms with Crippen LogP contribution in [0.4, 0.5) is 17.6 Å². The number of alkyl halides is 3. The molecule has 0 saturated carbocycles. The largest absolute Gasteiger partial charge is 0.419 e. The average molecular weight is 374 g/mol. The van der Waals surface area contributed by atoms with Crippen LogP contribution < -0.4 is 4.80 Å². The van der Waals surface area contributed by atoms with Gasteiger partial charge in [0.2, 0.25) is 0 Å². The summed E-state index contributed by atoms with van der Waals surface area (Å²) in [5.41, 5.74) is -1.45. The molecule has 2 aromatic rings. The fourth-order valence-electron chi connectivity index (χ4n) is 2.39. The smallest absolute Gasteiger partial charge is 0.324 e. The molecular formula is C17H18F4N2OS. The van der Waals surface area contributed by atoms with Gasteiger partial charge in [-0.15, -0.1) is 11.3 Å². The van der Waals surface area contributed by atoms with Crippen molar-refractivity contribution in [3.05, 3.63) is 50.5 Å². The fraction of sp³-hybridized carbons (Fsp3) is 0.412. The van der Waals surface area contributed by atoms with E-state index in [1.165, 1.54) is 11.3 Å². The summed E-state index contributed by atoms with van der Waals surface area (Å²) in [5.74, 6) is -2.64. The third-order valence-corrected chi connectivity index (χ3v) is 5.38. The van der Waals surface area contributed by atoms with E-state index in [1.807, 2.05) is 27.7 Å². The lowest BCUT2D eigenvalue weighted by atomic mass is 9.93. The Balaban J connectivity index is 2.57. The first-order valence-corrected chi connectivity index (χ1v) is 8.27. The molecule has 0 radical (unpaired) electrons. The van der Waals surface area contributed by atoms with Crippen LogP contribution in [0.15, 0.2) is 23.2 Å². The van der Waals surface area contributed by atoms with E-state index in [4.69, 9.17) is 0 Å². The van der Waals surface area contributed by atoms with Crippen molar-refractivity contribution in [1.29, 1.82) is 0 Å². The monoisotopic (exact) mass is 374 g/mol. The lowest BCUT2D eigenvalue weighted by molar-refractivity contribution is -0.140. The molecular weight excluding hydrogens is 356 g/mol. The van der Waals surface area contributed by atoms with Gasteiger partial charge in [0.05, 0.1) is 11.1 Å². The Labute approximate surface area is 146 Å². The minimum Gasteiger partial charge on any atom is -0.324 e. The average Bonchev–Trinajstić information content (AvgIpc) is 2.74. The minimum atomic E-state index is -4.87. The highest BCUT2D eigenvalue weighted by molar-refractivity contribution is 7.09. The van der Waals surface area contributed by atoms with Crippen molar-refractivity contribution in [3.8, 4) is 0 Å². The number of hydrogen-bond acceptors (Lipinski definition) is 2. The van der Waals surface area contributed by atoms with E-state index in [2.05, 4.69) is 4.99 Å². The lowest BCUT2D eigenvalue weighted by Gasteiger charge is -2.17. The number of carbonyl (C=O) groups excluding carboxylic acids is 1.